The van der Waals surface area contributed by atoms with Crippen LogP contribution in [0.15, 0.2) is 12.1 Å². The largest absolute Gasteiger partial charge is 0.495 e. The summed E-state index contributed by atoms with van der Waals surface area (Å²) >= 11 is 6.00. The summed E-state index contributed by atoms with van der Waals surface area (Å²) in [5.41, 5.74) is -1.74. The quantitative estimate of drug-likeness (QED) is 0.624. The van der Waals surface area contributed by atoms with Crippen LogP contribution < -0.4 is 20.1 Å². The molecule has 0 aliphatic carbocycles. The van der Waals surface area contributed by atoms with Gasteiger partial charge in [-0.2, -0.15) is 0 Å². The molecular weight excluding hydrogens is 316 g/mol. The highest BCUT2D eigenvalue weighted by Crippen LogP contribution is 2.37. The van der Waals surface area contributed by atoms with Gasteiger partial charge in [-0.05, 0) is 6.92 Å². The number of hydrogen-bond acceptors (Lipinski definition) is 5. The maximum Gasteiger partial charge on any atom is 0.337 e. The van der Waals surface area contributed by atoms with Crippen molar-refractivity contribution < 1.29 is 29.3 Å². The maximum absolute atomic E-state index is 11.7. The summed E-state index contributed by atoms with van der Waals surface area (Å²) < 4.78 is 10.1. The van der Waals surface area contributed by atoms with Gasteiger partial charge in [0, 0.05) is 17.8 Å². The third-order valence-corrected chi connectivity index (χ3v) is 3.13. The third-order valence-electron chi connectivity index (χ3n) is 2.76. The van der Waals surface area contributed by atoms with Crippen LogP contribution in [0, 0.1) is 0 Å². The lowest BCUT2D eigenvalue weighted by molar-refractivity contribution is -0.155. The smallest absolute Gasteiger partial charge is 0.337 e. The molecule has 2 amide bonds. The number of carboxylic acids is 1. The Balaban J connectivity index is 2.78. The number of rotatable bonds is 6. The Morgan fingerprint density at radius 1 is 1.27 bits per heavy atom. The number of aliphatic carboxylic acids is 1. The van der Waals surface area contributed by atoms with Crippen LogP contribution in [0.1, 0.15) is 6.92 Å². The van der Waals surface area contributed by atoms with Crippen molar-refractivity contribution in [2.24, 2.45) is 0 Å². The van der Waals surface area contributed by atoms with Crippen molar-refractivity contribution in [2.45, 2.75) is 12.5 Å². The van der Waals surface area contributed by atoms with Crippen molar-refractivity contribution in [3.63, 3.8) is 0 Å². The molecule has 1 aromatic rings. The van der Waals surface area contributed by atoms with Gasteiger partial charge in [0.1, 0.15) is 16.5 Å². The van der Waals surface area contributed by atoms with E-state index < -0.39 is 24.1 Å². The van der Waals surface area contributed by atoms with Crippen LogP contribution in [0.25, 0.3) is 0 Å². The van der Waals surface area contributed by atoms with Crippen molar-refractivity contribution in [1.29, 1.82) is 0 Å². The number of amides is 2. The SMILES string of the molecule is COc1cc(NC(=O)NCC(C)(O)C(=O)O)cc(OC)c1Cl. The molecule has 1 unspecified atom stereocenters. The lowest BCUT2D eigenvalue weighted by Crippen LogP contribution is -2.47. The van der Waals surface area contributed by atoms with E-state index >= 15 is 0 Å². The average Bonchev–Trinajstić information content (AvgIpc) is 2.46. The molecule has 0 aliphatic rings. The molecule has 0 aromatic heterocycles. The molecule has 1 rings (SSSR count). The van der Waals surface area contributed by atoms with Gasteiger partial charge in [0.2, 0.25) is 0 Å². The molecule has 1 aromatic carbocycles. The first-order valence-electron chi connectivity index (χ1n) is 6.13. The van der Waals surface area contributed by atoms with Crippen molar-refractivity contribution in [1.82, 2.24) is 5.32 Å². The van der Waals surface area contributed by atoms with E-state index in [9.17, 15) is 14.7 Å². The highest BCUT2D eigenvalue weighted by Gasteiger charge is 2.30. The Bertz CT molecular complexity index is 551. The summed E-state index contributed by atoms with van der Waals surface area (Å²) in [5.74, 6) is -0.842. The lowest BCUT2D eigenvalue weighted by atomic mass is 10.1. The van der Waals surface area contributed by atoms with Gasteiger partial charge >= 0.3 is 12.0 Å². The second kappa shape index (κ2) is 7.19. The predicted molar refractivity (Wildman–Crippen MR) is 79.8 cm³/mol. The molecule has 0 aliphatic heterocycles. The summed E-state index contributed by atoms with van der Waals surface area (Å²) in [6.07, 6.45) is 0. The number of aliphatic hydroxyl groups is 1. The van der Waals surface area contributed by atoms with Crippen LogP contribution in [-0.2, 0) is 4.79 Å². The molecule has 0 bridgehead atoms. The van der Waals surface area contributed by atoms with E-state index in [2.05, 4.69) is 10.6 Å². The van der Waals surface area contributed by atoms with E-state index in [1.54, 1.807) is 0 Å². The minimum atomic E-state index is -2.06. The number of benzene rings is 1. The van der Waals surface area contributed by atoms with Gasteiger partial charge in [-0.15, -0.1) is 0 Å². The van der Waals surface area contributed by atoms with Gasteiger partial charge in [0.05, 0.1) is 20.8 Å². The molecule has 0 heterocycles. The number of hydrogen-bond donors (Lipinski definition) is 4. The highest BCUT2D eigenvalue weighted by atomic mass is 35.5. The Hall–Kier alpha value is -2.19. The number of anilines is 1. The van der Waals surface area contributed by atoms with E-state index in [4.69, 9.17) is 26.2 Å². The molecule has 0 fully saturated rings. The number of urea groups is 1. The van der Waals surface area contributed by atoms with E-state index in [0.717, 1.165) is 6.92 Å². The molecule has 22 heavy (non-hydrogen) atoms. The lowest BCUT2D eigenvalue weighted by Gasteiger charge is -2.18. The van der Waals surface area contributed by atoms with E-state index in [1.807, 2.05) is 0 Å². The molecule has 0 saturated heterocycles. The van der Waals surface area contributed by atoms with Crippen molar-refractivity contribution >= 4 is 29.3 Å². The molecule has 0 radical (unpaired) electrons. The first kappa shape index (κ1) is 17.9. The predicted octanol–water partition coefficient (Wildman–Crippen LogP) is 1.31. The van der Waals surface area contributed by atoms with Crippen molar-refractivity contribution in [3.05, 3.63) is 17.2 Å². The van der Waals surface area contributed by atoms with Gasteiger partial charge < -0.3 is 30.3 Å². The normalized spacial score (nSPS) is 13.0. The monoisotopic (exact) mass is 332 g/mol. The molecule has 122 valence electrons. The Morgan fingerprint density at radius 3 is 2.18 bits per heavy atom. The standard InChI is InChI=1S/C13H17ClN2O6/c1-13(20,11(17)18)6-15-12(19)16-7-4-8(21-2)10(14)9(5-7)22-3/h4-5,20H,6H2,1-3H3,(H,17,18)(H2,15,16,19). The first-order valence-corrected chi connectivity index (χ1v) is 6.51. The molecule has 4 N–H and O–H groups in total. The fourth-order valence-electron chi connectivity index (χ4n) is 1.44. The van der Waals surface area contributed by atoms with Crippen LogP contribution >= 0.6 is 11.6 Å². The van der Waals surface area contributed by atoms with Crippen LogP contribution in [0.3, 0.4) is 0 Å². The minimum absolute atomic E-state index is 0.254. The zero-order valence-corrected chi connectivity index (χ0v) is 13.0. The van der Waals surface area contributed by atoms with Gasteiger partial charge in [-0.1, -0.05) is 11.6 Å². The third kappa shape index (κ3) is 4.40. The van der Waals surface area contributed by atoms with Crippen LogP contribution in [0.4, 0.5) is 10.5 Å². The van der Waals surface area contributed by atoms with Gasteiger partial charge in [-0.3, -0.25) is 0 Å². The van der Waals surface area contributed by atoms with Gasteiger partial charge in [0.25, 0.3) is 0 Å². The molecule has 0 saturated carbocycles. The Labute approximate surface area is 132 Å². The number of halogens is 1. The van der Waals surface area contributed by atoms with Crippen molar-refractivity contribution in [3.8, 4) is 11.5 Å². The summed E-state index contributed by atoms with van der Waals surface area (Å²) in [6, 6.07) is 2.24. The fourth-order valence-corrected chi connectivity index (χ4v) is 1.71. The summed E-state index contributed by atoms with van der Waals surface area (Å²) in [5, 5.41) is 23.2. The van der Waals surface area contributed by atoms with Gasteiger partial charge in [-0.25, -0.2) is 9.59 Å². The second-order valence-corrected chi connectivity index (χ2v) is 4.96. The summed E-state index contributed by atoms with van der Waals surface area (Å²) in [7, 11) is 2.82. The van der Waals surface area contributed by atoms with Crippen LogP contribution in [0.5, 0.6) is 11.5 Å². The molecule has 1 atom stereocenters. The maximum atomic E-state index is 11.7. The molecule has 0 spiro atoms. The Kier molecular flexibility index (Phi) is 5.84. The molecule has 8 nitrogen and oxygen atoms in total. The van der Waals surface area contributed by atoms with E-state index in [-0.39, 0.29) is 5.02 Å². The Morgan fingerprint density at radius 2 is 1.77 bits per heavy atom. The molecular formula is C13H17ClN2O6. The van der Waals surface area contributed by atoms with Crippen LogP contribution in [0.2, 0.25) is 5.02 Å². The number of carboxylic acid groups (broad SMARTS) is 1. The average molecular weight is 333 g/mol. The van der Waals surface area contributed by atoms with Crippen LogP contribution in [-0.4, -0.2) is 48.6 Å². The summed E-state index contributed by atoms with van der Waals surface area (Å²) in [6.45, 7) is 0.611. The highest BCUT2D eigenvalue weighted by molar-refractivity contribution is 6.33. The number of carbonyl (C=O) groups excluding carboxylic acids is 1. The number of nitrogens with one attached hydrogen (secondary N) is 2. The topological polar surface area (TPSA) is 117 Å². The second-order valence-electron chi connectivity index (χ2n) is 4.58. The zero-order valence-electron chi connectivity index (χ0n) is 12.3. The van der Waals surface area contributed by atoms with E-state index in [0.29, 0.717) is 17.2 Å². The number of ether oxygens (including phenoxy) is 2. The molecule has 9 heteroatoms. The zero-order chi connectivity index (χ0) is 16.9. The van der Waals surface area contributed by atoms with Crippen molar-refractivity contribution in [2.75, 3.05) is 26.1 Å². The van der Waals surface area contributed by atoms with Gasteiger partial charge in [0.15, 0.2) is 5.60 Å². The number of carbonyl (C=O) groups is 2. The first-order chi connectivity index (χ1) is 10.2. The fraction of sp³-hybridized carbons (Fsp3) is 0.385. The summed E-state index contributed by atoms with van der Waals surface area (Å²) in [4.78, 5) is 22.5. The van der Waals surface area contributed by atoms with E-state index in [1.165, 1.54) is 26.4 Å². The number of methoxy groups -OCH3 is 2. The minimum Gasteiger partial charge on any atom is -0.495 e.